The number of rotatable bonds is 4. The van der Waals surface area contributed by atoms with Crippen LogP contribution < -0.4 is 0 Å². The first-order valence-electron chi connectivity index (χ1n) is 6.59. The molecule has 0 aliphatic carbocycles. The number of aliphatic hydroxyl groups excluding tert-OH is 2. The summed E-state index contributed by atoms with van der Waals surface area (Å²) in [6.45, 7) is 3.87. The van der Waals surface area contributed by atoms with Crippen LogP contribution in [0.5, 0.6) is 0 Å². The highest BCUT2D eigenvalue weighted by atomic mass is 16.3. The first-order chi connectivity index (χ1) is 9.45. The Morgan fingerprint density at radius 1 is 1.45 bits per heavy atom. The van der Waals surface area contributed by atoms with Gasteiger partial charge in [0.2, 0.25) is 0 Å². The number of amides is 1. The highest BCUT2D eigenvalue weighted by Crippen LogP contribution is 2.13. The van der Waals surface area contributed by atoms with Crippen molar-refractivity contribution in [3.05, 3.63) is 34.9 Å². The standard InChI is InChI=1S/C16H21NO3/c1-12-6-7-15(14(11-12)5-4-10-18)16(20)17(3)9-8-13(2)19/h6-7,11,13,18-19H,8-10H2,1-3H3. The van der Waals surface area contributed by atoms with E-state index < -0.39 is 6.10 Å². The normalized spacial score (nSPS) is 11.4. The Morgan fingerprint density at radius 3 is 2.75 bits per heavy atom. The van der Waals surface area contributed by atoms with Crippen molar-refractivity contribution in [1.29, 1.82) is 0 Å². The van der Waals surface area contributed by atoms with Gasteiger partial charge in [0.15, 0.2) is 0 Å². The molecule has 0 saturated carbocycles. The molecule has 108 valence electrons. The Hall–Kier alpha value is -1.83. The van der Waals surface area contributed by atoms with Gasteiger partial charge in [0.25, 0.3) is 5.91 Å². The summed E-state index contributed by atoms with van der Waals surface area (Å²) in [6.07, 6.45) is 0.100. The Morgan fingerprint density at radius 2 is 2.15 bits per heavy atom. The van der Waals surface area contributed by atoms with Crippen molar-refractivity contribution in [3.63, 3.8) is 0 Å². The van der Waals surface area contributed by atoms with E-state index in [1.165, 1.54) is 0 Å². The van der Waals surface area contributed by atoms with Crippen LogP contribution in [0.3, 0.4) is 0 Å². The van der Waals surface area contributed by atoms with Crippen LogP contribution in [0.2, 0.25) is 0 Å². The van der Waals surface area contributed by atoms with Crippen LogP contribution >= 0.6 is 0 Å². The summed E-state index contributed by atoms with van der Waals surface area (Å²) in [5.41, 5.74) is 2.15. The summed E-state index contributed by atoms with van der Waals surface area (Å²) in [6, 6.07) is 5.44. The lowest BCUT2D eigenvalue weighted by Crippen LogP contribution is -2.30. The number of aliphatic hydroxyl groups is 2. The van der Waals surface area contributed by atoms with Crippen molar-refractivity contribution < 1.29 is 15.0 Å². The SMILES string of the molecule is Cc1ccc(C(=O)N(C)CCC(C)O)c(C#CCO)c1. The predicted molar refractivity (Wildman–Crippen MR) is 78.4 cm³/mol. The summed E-state index contributed by atoms with van der Waals surface area (Å²) >= 11 is 0. The Labute approximate surface area is 120 Å². The predicted octanol–water partition coefficient (Wildman–Crippen LogP) is 1.18. The molecule has 0 spiro atoms. The molecule has 1 unspecified atom stereocenters. The molecule has 1 rings (SSSR count). The fraction of sp³-hybridized carbons (Fsp3) is 0.438. The van der Waals surface area contributed by atoms with Crippen molar-refractivity contribution in [2.45, 2.75) is 26.4 Å². The Kier molecular flexibility index (Phi) is 6.23. The van der Waals surface area contributed by atoms with E-state index in [2.05, 4.69) is 11.8 Å². The van der Waals surface area contributed by atoms with E-state index in [4.69, 9.17) is 5.11 Å². The van der Waals surface area contributed by atoms with Gasteiger partial charge in [-0.25, -0.2) is 0 Å². The minimum atomic E-state index is -0.433. The zero-order valence-corrected chi connectivity index (χ0v) is 12.2. The Balaban J connectivity index is 2.97. The van der Waals surface area contributed by atoms with Crippen molar-refractivity contribution in [2.75, 3.05) is 20.2 Å². The molecule has 20 heavy (non-hydrogen) atoms. The van der Waals surface area contributed by atoms with Gasteiger partial charge >= 0.3 is 0 Å². The second-order valence-corrected chi connectivity index (χ2v) is 4.87. The molecular weight excluding hydrogens is 254 g/mol. The second kappa shape index (κ2) is 7.68. The molecule has 1 amide bonds. The van der Waals surface area contributed by atoms with Gasteiger partial charge in [-0.2, -0.15) is 0 Å². The van der Waals surface area contributed by atoms with Crippen LogP contribution in [0.1, 0.15) is 34.8 Å². The number of carbonyl (C=O) groups is 1. The van der Waals surface area contributed by atoms with Gasteiger partial charge in [-0.1, -0.05) is 17.9 Å². The van der Waals surface area contributed by atoms with Gasteiger partial charge < -0.3 is 15.1 Å². The molecule has 1 aromatic carbocycles. The number of hydrogen-bond donors (Lipinski definition) is 2. The number of aryl methyl sites for hydroxylation is 1. The van der Waals surface area contributed by atoms with E-state index in [9.17, 15) is 9.90 Å². The lowest BCUT2D eigenvalue weighted by atomic mass is 10.0. The van der Waals surface area contributed by atoms with E-state index >= 15 is 0 Å². The maximum atomic E-state index is 12.4. The van der Waals surface area contributed by atoms with E-state index in [1.807, 2.05) is 19.1 Å². The molecule has 0 radical (unpaired) electrons. The molecule has 4 nitrogen and oxygen atoms in total. The molecule has 2 N–H and O–H groups in total. The third-order valence-electron chi connectivity index (χ3n) is 2.94. The van der Waals surface area contributed by atoms with Crippen LogP contribution in [0.25, 0.3) is 0 Å². The van der Waals surface area contributed by atoms with Crippen molar-refractivity contribution >= 4 is 5.91 Å². The molecule has 0 aromatic heterocycles. The van der Waals surface area contributed by atoms with Crippen LogP contribution in [0.15, 0.2) is 18.2 Å². The lowest BCUT2D eigenvalue weighted by Gasteiger charge is -2.19. The smallest absolute Gasteiger partial charge is 0.254 e. The van der Waals surface area contributed by atoms with Gasteiger partial charge in [0, 0.05) is 19.2 Å². The van der Waals surface area contributed by atoms with Crippen molar-refractivity contribution in [1.82, 2.24) is 4.90 Å². The molecule has 1 aromatic rings. The van der Waals surface area contributed by atoms with Crippen LogP contribution in [-0.2, 0) is 0 Å². The molecule has 0 aliphatic rings. The summed E-state index contributed by atoms with van der Waals surface area (Å²) in [4.78, 5) is 13.9. The quantitative estimate of drug-likeness (QED) is 0.811. The molecule has 0 fully saturated rings. The van der Waals surface area contributed by atoms with Gasteiger partial charge in [0.1, 0.15) is 6.61 Å². The van der Waals surface area contributed by atoms with Gasteiger partial charge in [-0.05, 0) is 38.0 Å². The number of nitrogens with zero attached hydrogens (tertiary/aromatic N) is 1. The fourth-order valence-electron chi connectivity index (χ4n) is 1.77. The molecule has 0 bridgehead atoms. The number of benzene rings is 1. The number of carbonyl (C=O) groups excluding carboxylic acids is 1. The average Bonchev–Trinajstić information content (AvgIpc) is 2.41. The van der Waals surface area contributed by atoms with Crippen LogP contribution in [0.4, 0.5) is 0 Å². The first kappa shape index (κ1) is 16.2. The Bertz CT molecular complexity index is 526. The second-order valence-electron chi connectivity index (χ2n) is 4.87. The highest BCUT2D eigenvalue weighted by molar-refractivity contribution is 5.96. The minimum absolute atomic E-state index is 0.132. The summed E-state index contributed by atoms with van der Waals surface area (Å²) in [5, 5.41) is 18.1. The van der Waals surface area contributed by atoms with E-state index in [0.717, 1.165) is 5.56 Å². The highest BCUT2D eigenvalue weighted by Gasteiger charge is 2.15. The molecule has 0 saturated heterocycles. The lowest BCUT2D eigenvalue weighted by molar-refractivity contribution is 0.0768. The zero-order chi connectivity index (χ0) is 15.1. The third kappa shape index (κ3) is 4.69. The van der Waals surface area contributed by atoms with Crippen molar-refractivity contribution in [2.24, 2.45) is 0 Å². The molecule has 4 heteroatoms. The van der Waals surface area contributed by atoms with Crippen LogP contribution in [-0.4, -0.2) is 47.3 Å². The zero-order valence-electron chi connectivity index (χ0n) is 12.2. The van der Waals surface area contributed by atoms with Gasteiger partial charge in [-0.3, -0.25) is 4.79 Å². The van der Waals surface area contributed by atoms with Gasteiger partial charge in [-0.15, -0.1) is 0 Å². The first-order valence-corrected chi connectivity index (χ1v) is 6.59. The molecular formula is C16H21NO3. The summed E-state index contributed by atoms with van der Waals surface area (Å²) in [5.74, 6) is 5.25. The fourth-order valence-corrected chi connectivity index (χ4v) is 1.77. The largest absolute Gasteiger partial charge is 0.393 e. The number of hydrogen-bond acceptors (Lipinski definition) is 3. The van der Waals surface area contributed by atoms with Crippen LogP contribution in [0, 0.1) is 18.8 Å². The average molecular weight is 275 g/mol. The van der Waals surface area contributed by atoms with E-state index in [-0.39, 0.29) is 12.5 Å². The van der Waals surface area contributed by atoms with Crippen molar-refractivity contribution in [3.8, 4) is 11.8 Å². The van der Waals surface area contributed by atoms with Gasteiger partial charge in [0.05, 0.1) is 11.7 Å². The summed E-state index contributed by atoms with van der Waals surface area (Å²) in [7, 11) is 1.70. The molecule has 1 atom stereocenters. The summed E-state index contributed by atoms with van der Waals surface area (Å²) < 4.78 is 0. The minimum Gasteiger partial charge on any atom is -0.393 e. The molecule has 0 aliphatic heterocycles. The maximum absolute atomic E-state index is 12.4. The molecule has 0 heterocycles. The van der Waals surface area contributed by atoms with E-state index in [0.29, 0.717) is 24.1 Å². The topological polar surface area (TPSA) is 60.8 Å². The third-order valence-corrected chi connectivity index (χ3v) is 2.94. The maximum Gasteiger partial charge on any atom is 0.254 e. The monoisotopic (exact) mass is 275 g/mol. The van der Waals surface area contributed by atoms with E-state index in [1.54, 1.807) is 24.9 Å².